The van der Waals surface area contributed by atoms with Gasteiger partial charge in [0.2, 0.25) is 5.91 Å². The zero-order valence-corrected chi connectivity index (χ0v) is 20.0. The molecule has 2 aliphatic rings. The largest absolute Gasteiger partial charge is 0.495 e. The summed E-state index contributed by atoms with van der Waals surface area (Å²) in [5, 5.41) is 4.33. The van der Waals surface area contributed by atoms with Crippen LogP contribution in [0.5, 0.6) is 5.75 Å². The Morgan fingerprint density at radius 2 is 1.68 bits per heavy atom. The molecule has 1 atom stereocenters. The van der Waals surface area contributed by atoms with Gasteiger partial charge < -0.3 is 14.6 Å². The zero-order chi connectivity index (χ0) is 23.7. The Morgan fingerprint density at radius 3 is 2.44 bits per heavy atom. The number of benzene rings is 2. The minimum Gasteiger partial charge on any atom is -0.495 e. The Bertz CT molecular complexity index is 1210. The lowest BCUT2D eigenvalue weighted by atomic mass is 9.91. The monoisotopic (exact) mass is 459 g/mol. The second kappa shape index (κ2) is 9.16. The van der Waals surface area contributed by atoms with Gasteiger partial charge in [0.25, 0.3) is 5.91 Å². The normalized spacial score (nSPS) is 21.6. The smallest absolute Gasteiger partial charge is 0.276 e. The van der Waals surface area contributed by atoms with Crippen molar-refractivity contribution in [1.82, 2.24) is 9.88 Å². The molecule has 2 heterocycles. The summed E-state index contributed by atoms with van der Waals surface area (Å²) < 4.78 is 7.62. The third-order valence-corrected chi connectivity index (χ3v) is 7.45. The second-order valence-corrected chi connectivity index (χ2v) is 9.78. The summed E-state index contributed by atoms with van der Waals surface area (Å²) in [4.78, 5) is 29.7. The van der Waals surface area contributed by atoms with Crippen molar-refractivity contribution >= 4 is 28.4 Å². The summed E-state index contributed by atoms with van der Waals surface area (Å²) >= 11 is 0. The maximum Gasteiger partial charge on any atom is 0.276 e. The summed E-state index contributed by atoms with van der Waals surface area (Å²) in [6, 6.07) is 17.5. The van der Waals surface area contributed by atoms with Crippen molar-refractivity contribution in [2.24, 2.45) is 0 Å². The lowest BCUT2D eigenvalue weighted by molar-refractivity contribution is -0.127. The highest BCUT2D eigenvalue weighted by Crippen LogP contribution is 2.40. The number of rotatable bonds is 4. The second-order valence-electron chi connectivity index (χ2n) is 9.78. The van der Waals surface area contributed by atoms with Crippen LogP contribution in [0.3, 0.4) is 0 Å². The van der Waals surface area contributed by atoms with Crippen LogP contribution >= 0.6 is 0 Å². The van der Waals surface area contributed by atoms with Crippen molar-refractivity contribution in [2.75, 3.05) is 12.0 Å². The zero-order valence-electron chi connectivity index (χ0n) is 20.0. The minimum atomic E-state index is -1.11. The lowest BCUT2D eigenvalue weighted by Gasteiger charge is -2.45. The molecular formula is C28H33N3O3. The number of aromatic nitrogens is 1. The molecule has 2 aromatic carbocycles. The van der Waals surface area contributed by atoms with Gasteiger partial charge in [-0.05, 0) is 44.0 Å². The van der Waals surface area contributed by atoms with Crippen LogP contribution in [0.2, 0.25) is 0 Å². The molecule has 1 aromatic heterocycles. The van der Waals surface area contributed by atoms with Crippen molar-refractivity contribution < 1.29 is 14.3 Å². The Morgan fingerprint density at radius 1 is 1.00 bits per heavy atom. The topological polar surface area (TPSA) is 63.6 Å². The van der Waals surface area contributed by atoms with Crippen LogP contribution in [0, 0.1) is 0 Å². The first-order valence-electron chi connectivity index (χ1n) is 12.4. The third-order valence-electron chi connectivity index (χ3n) is 7.45. The molecule has 5 rings (SSSR count). The fraction of sp³-hybridized carbons (Fsp3) is 0.429. The number of nitrogens with one attached hydrogen (secondary N) is 1. The summed E-state index contributed by atoms with van der Waals surface area (Å²) in [7, 11) is 1.59. The summed E-state index contributed by atoms with van der Waals surface area (Å²) in [5.74, 6) is 0.272. The van der Waals surface area contributed by atoms with E-state index in [1.165, 1.54) is 19.3 Å². The first-order valence-corrected chi connectivity index (χ1v) is 12.4. The SMILES string of the molecule is COc1ccccc1N1C(=O)c2cc3ccccc3n2C[C@@]1(C)C(=O)NC1CCCCCCC1. The van der Waals surface area contributed by atoms with Crippen molar-refractivity contribution in [3.05, 3.63) is 60.3 Å². The fourth-order valence-corrected chi connectivity index (χ4v) is 5.58. The molecule has 1 fully saturated rings. The van der Waals surface area contributed by atoms with Crippen molar-refractivity contribution in [2.45, 2.75) is 70.0 Å². The highest BCUT2D eigenvalue weighted by molar-refractivity contribution is 6.14. The van der Waals surface area contributed by atoms with E-state index in [1.54, 1.807) is 12.0 Å². The minimum absolute atomic E-state index is 0.110. The summed E-state index contributed by atoms with van der Waals surface area (Å²) in [6.07, 6.45) is 7.94. The van der Waals surface area contributed by atoms with E-state index in [0.29, 0.717) is 23.7 Å². The van der Waals surface area contributed by atoms with Gasteiger partial charge in [-0.25, -0.2) is 0 Å². The number of carbonyl (C=O) groups excluding carboxylic acids is 2. The van der Waals surface area contributed by atoms with Gasteiger partial charge in [0.05, 0.1) is 19.3 Å². The third kappa shape index (κ3) is 3.85. The van der Waals surface area contributed by atoms with Crippen LogP contribution < -0.4 is 15.0 Å². The van der Waals surface area contributed by atoms with Crippen LogP contribution in [-0.2, 0) is 11.3 Å². The molecule has 0 spiro atoms. The quantitative estimate of drug-likeness (QED) is 0.576. The van der Waals surface area contributed by atoms with Crippen molar-refractivity contribution in [3.63, 3.8) is 0 Å². The van der Waals surface area contributed by atoms with Gasteiger partial charge in [0.1, 0.15) is 17.0 Å². The number of hydrogen-bond donors (Lipinski definition) is 1. The van der Waals surface area contributed by atoms with E-state index in [1.807, 2.05) is 66.1 Å². The molecule has 1 aliphatic heterocycles. The standard InChI is InChI=1S/C28H33N3O3/c1-28(27(33)29-21-13-6-4-3-5-7-14-21)19-30-22-15-9-8-12-20(22)18-24(30)26(32)31(28)23-16-10-11-17-25(23)34-2/h8-12,15-18,21H,3-7,13-14,19H2,1-2H3,(H,29,33)/t28-/m0/s1. The first-order chi connectivity index (χ1) is 16.5. The number of para-hydroxylation sites is 3. The van der Waals surface area contributed by atoms with Crippen LogP contribution in [0.25, 0.3) is 10.9 Å². The maximum absolute atomic E-state index is 14.0. The lowest BCUT2D eigenvalue weighted by Crippen LogP contribution is -2.65. The molecule has 1 saturated carbocycles. The van der Waals surface area contributed by atoms with Crippen LogP contribution in [0.15, 0.2) is 54.6 Å². The number of amides is 2. The van der Waals surface area contributed by atoms with Gasteiger partial charge in [-0.2, -0.15) is 0 Å². The van der Waals surface area contributed by atoms with Crippen LogP contribution in [0.1, 0.15) is 62.4 Å². The fourth-order valence-electron chi connectivity index (χ4n) is 5.58. The molecule has 178 valence electrons. The average molecular weight is 460 g/mol. The average Bonchev–Trinajstić information content (AvgIpc) is 3.19. The van der Waals surface area contributed by atoms with E-state index in [-0.39, 0.29) is 17.9 Å². The number of fused-ring (bicyclic) bond motifs is 3. The summed E-state index contributed by atoms with van der Waals surface area (Å²) in [5.41, 5.74) is 1.06. The number of ether oxygens (including phenoxy) is 1. The van der Waals surface area contributed by atoms with E-state index >= 15 is 0 Å². The number of hydrogen-bond acceptors (Lipinski definition) is 3. The van der Waals surface area contributed by atoms with Gasteiger partial charge in [-0.3, -0.25) is 14.5 Å². The molecule has 34 heavy (non-hydrogen) atoms. The first kappa shape index (κ1) is 22.5. The summed E-state index contributed by atoms with van der Waals surface area (Å²) in [6.45, 7) is 2.26. The van der Waals surface area contributed by atoms with Gasteiger partial charge >= 0.3 is 0 Å². The predicted molar refractivity (Wildman–Crippen MR) is 134 cm³/mol. The van der Waals surface area contributed by atoms with Crippen molar-refractivity contribution in [3.8, 4) is 5.75 Å². The van der Waals surface area contributed by atoms with Gasteiger partial charge in [-0.15, -0.1) is 0 Å². The van der Waals surface area contributed by atoms with Crippen molar-refractivity contribution in [1.29, 1.82) is 0 Å². The van der Waals surface area contributed by atoms with Gasteiger partial charge in [-0.1, -0.05) is 62.4 Å². The number of anilines is 1. The molecule has 1 aliphatic carbocycles. The number of methoxy groups -OCH3 is 1. The predicted octanol–water partition coefficient (Wildman–Crippen LogP) is 5.30. The molecule has 6 nitrogen and oxygen atoms in total. The van der Waals surface area contributed by atoms with E-state index in [9.17, 15) is 9.59 Å². The molecule has 3 aromatic rings. The Hall–Kier alpha value is -3.28. The highest BCUT2D eigenvalue weighted by atomic mass is 16.5. The van der Waals surface area contributed by atoms with E-state index in [0.717, 1.165) is 36.6 Å². The highest BCUT2D eigenvalue weighted by Gasteiger charge is 2.49. The van der Waals surface area contributed by atoms with Crippen LogP contribution in [0.4, 0.5) is 5.69 Å². The molecule has 0 saturated heterocycles. The van der Waals surface area contributed by atoms with E-state index in [4.69, 9.17) is 4.74 Å². The van der Waals surface area contributed by atoms with E-state index < -0.39 is 5.54 Å². The Labute approximate surface area is 200 Å². The maximum atomic E-state index is 14.0. The molecular weight excluding hydrogens is 426 g/mol. The molecule has 1 N–H and O–H groups in total. The Kier molecular flexibility index (Phi) is 6.07. The van der Waals surface area contributed by atoms with Gasteiger partial charge in [0.15, 0.2) is 0 Å². The Balaban J connectivity index is 1.59. The molecule has 0 radical (unpaired) electrons. The molecule has 6 heteroatoms. The van der Waals surface area contributed by atoms with E-state index in [2.05, 4.69) is 5.32 Å². The number of nitrogens with zero attached hydrogens (tertiary/aromatic N) is 2. The molecule has 0 unspecified atom stereocenters. The van der Waals surface area contributed by atoms with Crippen LogP contribution in [-0.4, -0.2) is 35.1 Å². The van der Waals surface area contributed by atoms with Gasteiger partial charge in [0, 0.05) is 16.9 Å². The molecule has 0 bridgehead atoms. The number of carbonyl (C=O) groups is 2. The molecule has 2 amide bonds.